The fourth-order valence-corrected chi connectivity index (χ4v) is 3.00. The third-order valence-electron chi connectivity index (χ3n) is 3.82. The zero-order valence-electron chi connectivity index (χ0n) is 14.4. The van der Waals surface area contributed by atoms with Crippen molar-refractivity contribution in [2.45, 2.75) is 13.5 Å². The summed E-state index contributed by atoms with van der Waals surface area (Å²) in [4.78, 5) is 28.0. The van der Waals surface area contributed by atoms with Gasteiger partial charge in [0.2, 0.25) is 0 Å². The zero-order chi connectivity index (χ0) is 18.6. The van der Waals surface area contributed by atoms with Crippen molar-refractivity contribution in [1.82, 2.24) is 9.80 Å². The Hall–Kier alpha value is -1.60. The number of rotatable bonds is 5. The lowest BCUT2D eigenvalue weighted by Gasteiger charge is -2.21. The van der Waals surface area contributed by atoms with Crippen molar-refractivity contribution in [1.29, 1.82) is 0 Å². The molecule has 0 radical (unpaired) electrons. The predicted octanol–water partition coefficient (Wildman–Crippen LogP) is 4.31. The highest BCUT2D eigenvalue weighted by atomic mass is 127. The van der Waals surface area contributed by atoms with E-state index in [9.17, 15) is 9.59 Å². The predicted molar refractivity (Wildman–Crippen MR) is 109 cm³/mol. The van der Waals surface area contributed by atoms with Crippen LogP contribution in [0.15, 0.2) is 42.5 Å². The Morgan fingerprint density at radius 2 is 1.60 bits per heavy atom. The van der Waals surface area contributed by atoms with Crippen LogP contribution in [0.3, 0.4) is 0 Å². The maximum absolute atomic E-state index is 12.7. The lowest BCUT2D eigenvalue weighted by molar-refractivity contribution is 0.0751. The minimum atomic E-state index is -0.0365. The van der Waals surface area contributed by atoms with Gasteiger partial charge >= 0.3 is 0 Å². The van der Waals surface area contributed by atoms with Gasteiger partial charge in [-0.1, -0.05) is 23.7 Å². The van der Waals surface area contributed by atoms with Crippen LogP contribution < -0.4 is 0 Å². The zero-order valence-corrected chi connectivity index (χ0v) is 17.3. The van der Waals surface area contributed by atoms with Gasteiger partial charge in [0.25, 0.3) is 11.8 Å². The number of nitrogens with zero attached hydrogens (tertiary/aromatic N) is 2. The molecule has 6 heteroatoms. The molecular formula is C19H20ClIN2O2. The van der Waals surface area contributed by atoms with Gasteiger partial charge in [0, 0.05) is 41.9 Å². The Morgan fingerprint density at radius 1 is 1.00 bits per heavy atom. The number of hydrogen-bond donors (Lipinski definition) is 0. The quantitative estimate of drug-likeness (QED) is 0.611. The average Bonchev–Trinajstić information content (AvgIpc) is 2.61. The van der Waals surface area contributed by atoms with E-state index in [2.05, 4.69) is 22.6 Å². The Labute approximate surface area is 166 Å². The van der Waals surface area contributed by atoms with Crippen LogP contribution in [-0.4, -0.2) is 42.3 Å². The lowest BCUT2D eigenvalue weighted by Crippen LogP contribution is -2.30. The molecule has 0 fully saturated rings. The van der Waals surface area contributed by atoms with Gasteiger partial charge in [0.05, 0.1) is 5.02 Å². The van der Waals surface area contributed by atoms with E-state index in [-0.39, 0.29) is 11.8 Å². The molecule has 0 bridgehead atoms. The first-order valence-corrected chi connectivity index (χ1v) is 9.34. The first-order chi connectivity index (χ1) is 11.8. The van der Waals surface area contributed by atoms with Gasteiger partial charge in [-0.05, 0) is 65.4 Å². The molecule has 132 valence electrons. The molecule has 0 aromatic heterocycles. The molecule has 0 spiro atoms. The van der Waals surface area contributed by atoms with Gasteiger partial charge in [0.1, 0.15) is 0 Å². The third kappa shape index (κ3) is 4.95. The first kappa shape index (κ1) is 19.7. The monoisotopic (exact) mass is 470 g/mol. The summed E-state index contributed by atoms with van der Waals surface area (Å²) in [5.41, 5.74) is 2.24. The minimum absolute atomic E-state index is 0.0364. The number of carbonyl (C=O) groups excluding carboxylic acids is 2. The molecule has 0 heterocycles. The SMILES string of the molecule is CCN(Cc1ccc(C(=O)N(C)C)cc1)C(=O)c1ccc(Cl)c(I)c1. The van der Waals surface area contributed by atoms with Crippen LogP contribution in [0.2, 0.25) is 5.02 Å². The fourth-order valence-electron chi connectivity index (χ4n) is 2.37. The maximum atomic E-state index is 12.7. The van der Waals surface area contributed by atoms with Crippen molar-refractivity contribution < 1.29 is 9.59 Å². The molecule has 2 aromatic carbocycles. The van der Waals surface area contributed by atoms with Crippen LogP contribution in [-0.2, 0) is 6.54 Å². The van der Waals surface area contributed by atoms with Gasteiger partial charge in [-0.2, -0.15) is 0 Å². The molecule has 0 saturated carbocycles. The molecule has 25 heavy (non-hydrogen) atoms. The molecule has 0 unspecified atom stereocenters. The topological polar surface area (TPSA) is 40.6 Å². The van der Waals surface area contributed by atoms with E-state index in [0.29, 0.717) is 29.2 Å². The van der Waals surface area contributed by atoms with Gasteiger partial charge in [-0.15, -0.1) is 0 Å². The van der Waals surface area contributed by atoms with Crippen molar-refractivity contribution in [3.05, 3.63) is 67.7 Å². The highest BCUT2D eigenvalue weighted by molar-refractivity contribution is 14.1. The van der Waals surface area contributed by atoms with Crippen molar-refractivity contribution >= 4 is 46.0 Å². The largest absolute Gasteiger partial charge is 0.345 e. The summed E-state index contributed by atoms with van der Waals surface area (Å²) in [5, 5.41) is 0.640. The summed E-state index contributed by atoms with van der Waals surface area (Å²) < 4.78 is 0.854. The van der Waals surface area contributed by atoms with E-state index in [1.165, 1.54) is 0 Å². The van der Waals surface area contributed by atoms with Gasteiger partial charge in [-0.25, -0.2) is 0 Å². The smallest absolute Gasteiger partial charge is 0.254 e. The normalized spacial score (nSPS) is 10.4. The van der Waals surface area contributed by atoms with E-state index in [0.717, 1.165) is 9.13 Å². The van der Waals surface area contributed by atoms with Crippen molar-refractivity contribution in [3.8, 4) is 0 Å². The van der Waals surface area contributed by atoms with Gasteiger partial charge in [-0.3, -0.25) is 9.59 Å². The molecule has 0 atom stereocenters. The lowest BCUT2D eigenvalue weighted by atomic mass is 10.1. The summed E-state index contributed by atoms with van der Waals surface area (Å²) in [5.74, 6) is -0.0729. The van der Waals surface area contributed by atoms with E-state index in [1.807, 2.05) is 19.1 Å². The Morgan fingerprint density at radius 3 is 2.12 bits per heavy atom. The number of carbonyl (C=O) groups is 2. The number of amides is 2. The molecule has 0 saturated heterocycles. The number of hydrogen-bond acceptors (Lipinski definition) is 2. The highest BCUT2D eigenvalue weighted by Gasteiger charge is 2.16. The second kappa shape index (κ2) is 8.67. The van der Waals surface area contributed by atoms with E-state index in [1.54, 1.807) is 54.2 Å². The second-order valence-corrected chi connectivity index (χ2v) is 7.41. The minimum Gasteiger partial charge on any atom is -0.345 e. The number of benzene rings is 2. The Balaban J connectivity index is 2.14. The fraction of sp³-hybridized carbons (Fsp3) is 0.263. The highest BCUT2D eigenvalue weighted by Crippen LogP contribution is 2.21. The van der Waals surface area contributed by atoms with Crippen LogP contribution in [0, 0.1) is 3.57 Å². The summed E-state index contributed by atoms with van der Waals surface area (Å²) in [7, 11) is 3.45. The summed E-state index contributed by atoms with van der Waals surface area (Å²) in [6.07, 6.45) is 0. The van der Waals surface area contributed by atoms with Crippen LogP contribution in [0.25, 0.3) is 0 Å². The van der Waals surface area contributed by atoms with Crippen LogP contribution in [0.4, 0.5) is 0 Å². The van der Waals surface area contributed by atoms with Crippen molar-refractivity contribution in [3.63, 3.8) is 0 Å². The van der Waals surface area contributed by atoms with Crippen LogP contribution in [0.1, 0.15) is 33.2 Å². The Kier molecular flexibility index (Phi) is 6.84. The molecule has 0 aliphatic rings. The first-order valence-electron chi connectivity index (χ1n) is 7.88. The molecule has 2 rings (SSSR count). The maximum Gasteiger partial charge on any atom is 0.254 e. The van der Waals surface area contributed by atoms with Gasteiger partial charge in [0.15, 0.2) is 0 Å². The molecular weight excluding hydrogens is 451 g/mol. The van der Waals surface area contributed by atoms with Crippen LogP contribution in [0.5, 0.6) is 0 Å². The standard InChI is InChI=1S/C19H20ClIN2O2/c1-4-23(19(25)15-9-10-16(20)17(21)11-15)12-13-5-7-14(8-6-13)18(24)22(2)3/h5-11H,4,12H2,1-3H3. The van der Waals surface area contributed by atoms with Crippen molar-refractivity contribution in [2.24, 2.45) is 0 Å². The van der Waals surface area contributed by atoms with Gasteiger partial charge < -0.3 is 9.80 Å². The average molecular weight is 471 g/mol. The molecule has 0 aliphatic carbocycles. The Bertz CT molecular complexity index is 775. The summed E-state index contributed by atoms with van der Waals surface area (Å²) in [6, 6.07) is 12.6. The van der Waals surface area contributed by atoms with Crippen LogP contribution >= 0.6 is 34.2 Å². The summed E-state index contributed by atoms with van der Waals surface area (Å²) >= 11 is 8.15. The summed E-state index contributed by atoms with van der Waals surface area (Å²) in [6.45, 7) is 3.03. The van der Waals surface area contributed by atoms with Crippen molar-refractivity contribution in [2.75, 3.05) is 20.6 Å². The molecule has 2 amide bonds. The number of halogens is 2. The van der Waals surface area contributed by atoms with E-state index < -0.39 is 0 Å². The third-order valence-corrected chi connectivity index (χ3v) is 5.36. The molecule has 2 aromatic rings. The van der Waals surface area contributed by atoms with E-state index in [4.69, 9.17) is 11.6 Å². The second-order valence-electron chi connectivity index (χ2n) is 5.84. The molecule has 0 N–H and O–H groups in total. The van der Waals surface area contributed by atoms with E-state index >= 15 is 0 Å². The molecule has 0 aliphatic heterocycles. The molecule has 4 nitrogen and oxygen atoms in total.